The second kappa shape index (κ2) is 9.72. The normalized spacial score (nSPS) is 16.1. The molecule has 178 valence electrons. The first-order valence-corrected chi connectivity index (χ1v) is 11.8. The van der Waals surface area contributed by atoms with Gasteiger partial charge in [0.25, 0.3) is 0 Å². The molecule has 0 amide bonds. The number of rotatable bonds is 6. The van der Waals surface area contributed by atoms with E-state index >= 15 is 0 Å². The van der Waals surface area contributed by atoms with Crippen molar-refractivity contribution < 1.29 is 14.6 Å². The van der Waals surface area contributed by atoms with Gasteiger partial charge >= 0.3 is 5.97 Å². The smallest absolute Gasteiger partial charge is 0.337 e. The van der Waals surface area contributed by atoms with Gasteiger partial charge in [-0.2, -0.15) is 5.10 Å². The molecule has 0 bridgehead atoms. The lowest BCUT2D eigenvalue weighted by Crippen LogP contribution is -2.19. The maximum absolute atomic E-state index is 11.6. The fraction of sp³-hybridized carbons (Fsp3) is 0.250. The minimum absolute atomic E-state index is 0.130. The van der Waals surface area contributed by atoms with Crippen LogP contribution in [-0.2, 0) is 4.74 Å². The summed E-state index contributed by atoms with van der Waals surface area (Å²) in [4.78, 5) is 16.2. The molecule has 35 heavy (non-hydrogen) atoms. The highest BCUT2D eigenvalue weighted by Gasteiger charge is 2.21. The SMILES string of the molecule is Cc1cc(C)nc(/C=C/c2nn(C3CCCCO3)c3cc(Nc4ccccc4C(=O)O)ccc23)c1. The highest BCUT2D eigenvalue weighted by molar-refractivity contribution is 5.96. The average molecular weight is 469 g/mol. The van der Waals surface area contributed by atoms with Crippen LogP contribution in [0.1, 0.15) is 58.5 Å². The molecule has 7 heteroatoms. The third kappa shape index (κ3) is 4.95. The van der Waals surface area contributed by atoms with Gasteiger partial charge in [0, 0.05) is 23.4 Å². The molecule has 3 heterocycles. The Labute approximate surface area is 204 Å². The van der Waals surface area contributed by atoms with E-state index in [2.05, 4.69) is 29.4 Å². The van der Waals surface area contributed by atoms with Gasteiger partial charge < -0.3 is 15.2 Å². The molecule has 4 aromatic rings. The summed E-state index contributed by atoms with van der Waals surface area (Å²) in [5, 5.41) is 18.7. The van der Waals surface area contributed by atoms with E-state index in [9.17, 15) is 9.90 Å². The number of aromatic carboxylic acids is 1. The van der Waals surface area contributed by atoms with E-state index in [1.54, 1.807) is 18.2 Å². The molecular weight excluding hydrogens is 440 g/mol. The van der Waals surface area contributed by atoms with Gasteiger partial charge in [0.2, 0.25) is 0 Å². The molecule has 2 aromatic carbocycles. The van der Waals surface area contributed by atoms with Gasteiger partial charge in [-0.3, -0.25) is 4.98 Å². The predicted molar refractivity (Wildman–Crippen MR) is 138 cm³/mol. The van der Waals surface area contributed by atoms with Crippen LogP contribution in [0.2, 0.25) is 0 Å². The zero-order valence-electron chi connectivity index (χ0n) is 19.9. The number of aryl methyl sites for hydroxylation is 2. The van der Waals surface area contributed by atoms with Gasteiger partial charge in [-0.1, -0.05) is 12.1 Å². The first kappa shape index (κ1) is 22.8. The van der Waals surface area contributed by atoms with E-state index in [1.165, 1.54) is 5.56 Å². The van der Waals surface area contributed by atoms with Crippen LogP contribution in [0, 0.1) is 13.8 Å². The largest absolute Gasteiger partial charge is 0.478 e. The minimum atomic E-state index is -0.970. The van der Waals surface area contributed by atoms with Crippen molar-refractivity contribution >= 4 is 40.4 Å². The number of para-hydroxylation sites is 1. The van der Waals surface area contributed by atoms with Crippen molar-refractivity contribution in [1.29, 1.82) is 0 Å². The summed E-state index contributed by atoms with van der Waals surface area (Å²) < 4.78 is 8.01. The molecular formula is C28H28N4O3. The summed E-state index contributed by atoms with van der Waals surface area (Å²) in [6, 6.07) is 17.0. The van der Waals surface area contributed by atoms with Crippen molar-refractivity contribution in [3.8, 4) is 0 Å². The molecule has 2 N–H and O–H groups in total. The summed E-state index contributed by atoms with van der Waals surface area (Å²) in [5.74, 6) is -0.970. The summed E-state index contributed by atoms with van der Waals surface area (Å²) in [6.07, 6.45) is 6.90. The number of pyridine rings is 1. The molecule has 2 aromatic heterocycles. The van der Waals surface area contributed by atoms with E-state index in [1.807, 2.05) is 48.0 Å². The number of carboxylic acids is 1. The molecule has 1 aliphatic rings. The van der Waals surface area contributed by atoms with E-state index in [-0.39, 0.29) is 11.8 Å². The molecule has 0 radical (unpaired) electrons. The lowest BCUT2D eigenvalue weighted by atomic mass is 10.1. The second-order valence-corrected chi connectivity index (χ2v) is 8.90. The van der Waals surface area contributed by atoms with Crippen molar-refractivity contribution in [3.05, 3.63) is 82.8 Å². The Bertz CT molecular complexity index is 1400. The molecule has 0 saturated carbocycles. The number of aromatic nitrogens is 3. The average Bonchev–Trinajstić information content (AvgIpc) is 3.21. The standard InChI is InChI=1S/C28H28N4O3/c1-18-15-19(2)29-20(16-18)11-13-25-22-12-10-21(30-24-8-4-3-7-23(24)28(33)34)17-26(22)32(31-25)27-9-5-6-14-35-27/h3-4,7-8,10-13,15-17,27,30H,5-6,9,14H2,1-2H3,(H,33,34)/b13-11+. The number of carbonyl (C=O) groups is 1. The number of carboxylic acid groups (broad SMARTS) is 1. The van der Waals surface area contributed by atoms with Crippen molar-refractivity contribution in [1.82, 2.24) is 14.8 Å². The highest BCUT2D eigenvalue weighted by atomic mass is 16.5. The number of anilines is 2. The minimum Gasteiger partial charge on any atom is -0.478 e. The highest BCUT2D eigenvalue weighted by Crippen LogP contribution is 2.32. The van der Waals surface area contributed by atoms with Crippen molar-refractivity contribution in [2.24, 2.45) is 0 Å². The van der Waals surface area contributed by atoms with Crippen LogP contribution in [-0.4, -0.2) is 32.4 Å². The van der Waals surface area contributed by atoms with Crippen LogP contribution in [0.25, 0.3) is 23.1 Å². The Morgan fingerprint density at radius 1 is 1.11 bits per heavy atom. The molecule has 1 unspecified atom stereocenters. The monoisotopic (exact) mass is 468 g/mol. The third-order valence-electron chi connectivity index (χ3n) is 6.13. The van der Waals surface area contributed by atoms with E-state index in [0.717, 1.165) is 52.9 Å². The Kier molecular flexibility index (Phi) is 6.33. The van der Waals surface area contributed by atoms with E-state index in [4.69, 9.17) is 9.84 Å². The van der Waals surface area contributed by atoms with Crippen LogP contribution in [0.15, 0.2) is 54.6 Å². The summed E-state index contributed by atoms with van der Waals surface area (Å²) in [6.45, 7) is 4.77. The molecule has 5 rings (SSSR count). The summed E-state index contributed by atoms with van der Waals surface area (Å²) in [5.41, 5.74) is 6.36. The quantitative estimate of drug-likeness (QED) is 0.342. The predicted octanol–water partition coefficient (Wildman–Crippen LogP) is 6.36. The first-order chi connectivity index (χ1) is 17.0. The van der Waals surface area contributed by atoms with Crippen molar-refractivity contribution in [2.45, 2.75) is 39.3 Å². The number of hydrogen-bond acceptors (Lipinski definition) is 5. The Morgan fingerprint density at radius 3 is 2.74 bits per heavy atom. The molecule has 0 aliphatic carbocycles. The van der Waals surface area contributed by atoms with Gasteiger partial charge in [-0.15, -0.1) is 0 Å². The van der Waals surface area contributed by atoms with Gasteiger partial charge in [0.05, 0.1) is 28.2 Å². The molecule has 1 aliphatic heterocycles. The van der Waals surface area contributed by atoms with E-state index in [0.29, 0.717) is 12.3 Å². The van der Waals surface area contributed by atoms with Gasteiger partial charge in [0.1, 0.15) is 0 Å². The third-order valence-corrected chi connectivity index (χ3v) is 6.13. The van der Waals surface area contributed by atoms with Crippen molar-refractivity contribution in [2.75, 3.05) is 11.9 Å². The number of fused-ring (bicyclic) bond motifs is 1. The van der Waals surface area contributed by atoms with Gasteiger partial charge in [-0.25, -0.2) is 9.48 Å². The first-order valence-electron chi connectivity index (χ1n) is 11.8. The van der Waals surface area contributed by atoms with Crippen LogP contribution in [0.3, 0.4) is 0 Å². The summed E-state index contributed by atoms with van der Waals surface area (Å²) in [7, 11) is 0. The van der Waals surface area contributed by atoms with Crippen molar-refractivity contribution in [3.63, 3.8) is 0 Å². The Hall–Kier alpha value is -3.97. The molecule has 1 fully saturated rings. The van der Waals surface area contributed by atoms with Gasteiger partial charge in [-0.05, 0) is 93.3 Å². The zero-order chi connectivity index (χ0) is 24.4. The topological polar surface area (TPSA) is 89.3 Å². The molecule has 0 spiro atoms. The number of nitrogens with one attached hydrogen (secondary N) is 1. The maximum atomic E-state index is 11.6. The Balaban J connectivity index is 1.55. The molecule has 7 nitrogen and oxygen atoms in total. The summed E-state index contributed by atoms with van der Waals surface area (Å²) >= 11 is 0. The number of ether oxygens (including phenoxy) is 1. The van der Waals surface area contributed by atoms with Crippen LogP contribution in [0.4, 0.5) is 11.4 Å². The molecule has 1 atom stereocenters. The van der Waals surface area contributed by atoms with Crippen LogP contribution >= 0.6 is 0 Å². The second-order valence-electron chi connectivity index (χ2n) is 8.90. The van der Waals surface area contributed by atoms with Gasteiger partial charge in [0.15, 0.2) is 6.23 Å². The van der Waals surface area contributed by atoms with Crippen LogP contribution < -0.4 is 5.32 Å². The lowest BCUT2D eigenvalue weighted by Gasteiger charge is -2.23. The number of hydrogen-bond donors (Lipinski definition) is 2. The molecule has 1 saturated heterocycles. The fourth-order valence-corrected chi connectivity index (χ4v) is 4.56. The lowest BCUT2D eigenvalue weighted by molar-refractivity contribution is -0.0367. The fourth-order valence-electron chi connectivity index (χ4n) is 4.56. The number of nitrogens with zero attached hydrogens (tertiary/aromatic N) is 3. The Morgan fingerprint density at radius 2 is 1.97 bits per heavy atom. The maximum Gasteiger partial charge on any atom is 0.337 e. The van der Waals surface area contributed by atoms with E-state index < -0.39 is 5.97 Å². The zero-order valence-corrected chi connectivity index (χ0v) is 19.9. The van der Waals surface area contributed by atoms with Crippen LogP contribution in [0.5, 0.6) is 0 Å². The number of benzene rings is 2.